The molecule has 2 atom stereocenters. The first-order chi connectivity index (χ1) is 17.3. The summed E-state index contributed by atoms with van der Waals surface area (Å²) in [5, 5.41) is 5.19. The van der Waals surface area contributed by atoms with Crippen LogP contribution in [0.4, 0.5) is 0 Å². The number of nitrogens with one attached hydrogen (secondary N) is 2. The molecule has 0 spiro atoms. The van der Waals surface area contributed by atoms with Gasteiger partial charge in [0.1, 0.15) is 24.1 Å². The average Bonchev–Trinajstić information content (AvgIpc) is 2.88. The van der Waals surface area contributed by atoms with Crippen molar-refractivity contribution in [2.24, 2.45) is 11.8 Å². The average molecular weight is 553 g/mol. The normalized spacial score (nSPS) is 11.8. The van der Waals surface area contributed by atoms with Crippen molar-refractivity contribution in [1.29, 1.82) is 0 Å². The first-order valence-corrected chi connectivity index (χ1v) is 15.2. The molecule has 0 aromatic rings. The minimum atomic E-state index is -0.183. The van der Waals surface area contributed by atoms with Crippen LogP contribution >= 0.6 is 21.6 Å². The third-order valence-corrected chi connectivity index (χ3v) is 7.10. The van der Waals surface area contributed by atoms with Crippen molar-refractivity contribution < 1.29 is 28.5 Å². The van der Waals surface area contributed by atoms with Crippen LogP contribution in [-0.4, -0.2) is 75.9 Å². The first kappa shape index (κ1) is 39.6. The topological polar surface area (TPSA) is 95.1 Å². The predicted octanol–water partition coefficient (Wildman–Crippen LogP) is 4.73. The highest BCUT2D eigenvalue weighted by Gasteiger charge is 2.21. The van der Waals surface area contributed by atoms with Gasteiger partial charge in [-0.2, -0.15) is 0 Å². The monoisotopic (exact) mass is 552 g/mol. The molecule has 10 heteroatoms. The maximum absolute atomic E-state index is 11.6. The Morgan fingerprint density at radius 1 is 0.750 bits per heavy atom. The number of rotatable bonds is 18. The molecule has 0 saturated carbocycles. The molecule has 0 bridgehead atoms. The molecule has 8 nitrogen and oxygen atoms in total. The van der Waals surface area contributed by atoms with E-state index in [1.165, 1.54) is 0 Å². The molecule has 0 aromatic heterocycles. The molecular weight excluding hydrogens is 500 g/mol. The van der Waals surface area contributed by atoms with E-state index in [2.05, 4.69) is 50.2 Å². The molecule has 0 saturated heterocycles. The largest absolute Gasteiger partial charge is 0.369 e. The highest BCUT2D eigenvalue weighted by atomic mass is 33.1. The van der Waals surface area contributed by atoms with Crippen molar-refractivity contribution in [1.82, 2.24) is 10.6 Å². The molecule has 0 rings (SSSR count). The lowest BCUT2D eigenvalue weighted by Crippen LogP contribution is -2.28. The third-order valence-electron chi connectivity index (χ3n) is 3.77. The number of carbonyl (C=O) groups excluding carboxylic acids is 2. The standard InChI is InChI=1S/C22H40N2O6S2.2C2H6/c1-7-8-9-10-24-20(26)16-28-12-14-30-22(18(4)5)32-31-21(17(2)3)29-13-11-27-15-19(25)23-6;2*1-2/h17-18,21-22H,7,10-16H2,1-6H3,(H,23,25)(H,24,26);2*1-2H3. The maximum Gasteiger partial charge on any atom is 0.246 e. The van der Waals surface area contributed by atoms with E-state index in [1.807, 2.05) is 34.6 Å². The Hall–Kier alpha value is -0.960. The van der Waals surface area contributed by atoms with Crippen molar-refractivity contribution in [2.75, 3.05) is 53.2 Å². The Bertz CT molecular complexity index is 568. The number of amides is 2. The summed E-state index contributed by atoms with van der Waals surface area (Å²) in [5.41, 5.74) is -0.0553. The van der Waals surface area contributed by atoms with E-state index in [1.54, 1.807) is 28.6 Å². The van der Waals surface area contributed by atoms with E-state index in [0.717, 1.165) is 6.42 Å². The smallest absolute Gasteiger partial charge is 0.246 e. The van der Waals surface area contributed by atoms with Crippen molar-refractivity contribution >= 4 is 33.4 Å². The van der Waals surface area contributed by atoms with Crippen LogP contribution in [0, 0.1) is 23.7 Å². The lowest BCUT2D eigenvalue weighted by Gasteiger charge is -2.25. The van der Waals surface area contributed by atoms with Crippen molar-refractivity contribution in [3.8, 4) is 11.8 Å². The summed E-state index contributed by atoms with van der Waals surface area (Å²) in [7, 11) is 4.84. The van der Waals surface area contributed by atoms with E-state index in [0.29, 0.717) is 44.8 Å². The van der Waals surface area contributed by atoms with Crippen LogP contribution in [0.3, 0.4) is 0 Å². The van der Waals surface area contributed by atoms with Gasteiger partial charge in [0.05, 0.1) is 33.0 Å². The van der Waals surface area contributed by atoms with Gasteiger partial charge in [-0.25, -0.2) is 0 Å². The van der Waals surface area contributed by atoms with Crippen molar-refractivity contribution in [3.63, 3.8) is 0 Å². The second-order valence-corrected chi connectivity index (χ2v) is 9.89. The summed E-state index contributed by atoms with van der Waals surface area (Å²) in [4.78, 5) is 22.8. The number of hydrogen-bond donors (Lipinski definition) is 2. The second kappa shape index (κ2) is 30.3. The third kappa shape index (κ3) is 26.1. The lowest BCUT2D eigenvalue weighted by molar-refractivity contribution is -0.126. The molecule has 0 heterocycles. The molecule has 2 amide bonds. The van der Waals surface area contributed by atoms with E-state index in [-0.39, 0.29) is 35.9 Å². The van der Waals surface area contributed by atoms with Gasteiger partial charge in [0.15, 0.2) is 0 Å². The van der Waals surface area contributed by atoms with Crippen LogP contribution in [0.25, 0.3) is 0 Å². The Morgan fingerprint density at radius 3 is 1.58 bits per heavy atom. The summed E-state index contributed by atoms with van der Waals surface area (Å²) in [6.07, 6.45) is 0.772. The lowest BCUT2D eigenvalue weighted by atomic mass is 10.2. The molecule has 36 heavy (non-hydrogen) atoms. The minimum absolute atomic E-state index is 0.00332. The summed E-state index contributed by atoms with van der Waals surface area (Å²) in [6.45, 7) is 20.3. The molecule has 214 valence electrons. The van der Waals surface area contributed by atoms with Crippen LogP contribution in [0.2, 0.25) is 0 Å². The Morgan fingerprint density at radius 2 is 1.19 bits per heavy atom. The van der Waals surface area contributed by atoms with E-state index in [9.17, 15) is 9.59 Å². The molecule has 0 aliphatic carbocycles. The molecular formula is C26H52N2O6S2. The SMILES string of the molecule is CC.CC.CCC#CCNC(=O)COCCOC(SSC(OCCOCC(=O)NC)C(C)C)C(C)C. The summed E-state index contributed by atoms with van der Waals surface area (Å²) in [5.74, 6) is 6.02. The highest BCUT2D eigenvalue weighted by Crippen LogP contribution is 2.38. The van der Waals surface area contributed by atoms with Crippen LogP contribution in [0.1, 0.15) is 68.7 Å². The molecule has 0 fully saturated rings. The van der Waals surface area contributed by atoms with Gasteiger partial charge < -0.3 is 29.6 Å². The van der Waals surface area contributed by atoms with Crippen LogP contribution in [-0.2, 0) is 28.5 Å². The van der Waals surface area contributed by atoms with Gasteiger partial charge in [0, 0.05) is 13.5 Å². The Balaban J connectivity index is -0.00000258. The fourth-order valence-electron chi connectivity index (χ4n) is 2.00. The van der Waals surface area contributed by atoms with Gasteiger partial charge in [0.2, 0.25) is 11.8 Å². The van der Waals surface area contributed by atoms with E-state index < -0.39 is 0 Å². The fourth-order valence-corrected chi connectivity index (χ4v) is 5.29. The molecule has 2 N–H and O–H groups in total. The summed E-state index contributed by atoms with van der Waals surface area (Å²) in [6, 6.07) is 0. The zero-order chi connectivity index (χ0) is 28.2. The van der Waals surface area contributed by atoms with Crippen molar-refractivity contribution in [2.45, 2.75) is 79.6 Å². The van der Waals surface area contributed by atoms with Gasteiger partial charge >= 0.3 is 0 Å². The molecule has 0 aromatic carbocycles. The van der Waals surface area contributed by atoms with Gasteiger partial charge in [-0.05, 0) is 11.8 Å². The zero-order valence-corrected chi connectivity index (χ0v) is 25.9. The number of ether oxygens (including phenoxy) is 4. The van der Waals surface area contributed by atoms with E-state index in [4.69, 9.17) is 18.9 Å². The van der Waals surface area contributed by atoms with Crippen LogP contribution in [0.5, 0.6) is 0 Å². The predicted molar refractivity (Wildman–Crippen MR) is 154 cm³/mol. The van der Waals surface area contributed by atoms with Gasteiger partial charge in [-0.1, -0.05) is 89.8 Å². The number of hydrogen-bond acceptors (Lipinski definition) is 8. The number of carbonyl (C=O) groups is 2. The minimum Gasteiger partial charge on any atom is -0.369 e. The summed E-state index contributed by atoms with van der Waals surface area (Å²) < 4.78 is 22.5. The van der Waals surface area contributed by atoms with Crippen molar-refractivity contribution in [3.05, 3.63) is 0 Å². The van der Waals surface area contributed by atoms with Crippen LogP contribution in [0.15, 0.2) is 0 Å². The maximum atomic E-state index is 11.6. The summed E-state index contributed by atoms with van der Waals surface area (Å²) >= 11 is 0. The van der Waals surface area contributed by atoms with Crippen LogP contribution < -0.4 is 10.6 Å². The van der Waals surface area contributed by atoms with Gasteiger partial charge in [-0.15, -0.1) is 5.92 Å². The fraction of sp³-hybridized carbons (Fsp3) is 0.846. The Labute approximate surface area is 228 Å². The zero-order valence-electron chi connectivity index (χ0n) is 24.2. The molecule has 2 unspecified atom stereocenters. The quantitative estimate of drug-likeness (QED) is 0.109. The van der Waals surface area contributed by atoms with Gasteiger partial charge in [0.25, 0.3) is 0 Å². The molecule has 0 aliphatic heterocycles. The van der Waals surface area contributed by atoms with Gasteiger partial charge in [-0.3, -0.25) is 9.59 Å². The highest BCUT2D eigenvalue weighted by molar-refractivity contribution is 8.77. The first-order valence-electron chi connectivity index (χ1n) is 13.0. The number of likely N-dealkylation sites (N-methyl/N-ethyl adjacent to an activating group) is 1. The molecule has 0 radical (unpaired) electrons. The van der Waals surface area contributed by atoms with E-state index >= 15 is 0 Å². The second-order valence-electron chi connectivity index (χ2n) is 7.42. The Kier molecular flexibility index (Phi) is 33.3. The molecule has 0 aliphatic rings.